The Morgan fingerprint density at radius 1 is 1.31 bits per heavy atom. The summed E-state index contributed by atoms with van der Waals surface area (Å²) in [5, 5.41) is 9.65. The second-order valence-electron chi connectivity index (χ2n) is 3.02. The number of hydrogen-bond donors (Lipinski definition) is 2. The van der Waals surface area contributed by atoms with Crippen molar-refractivity contribution in [2.75, 3.05) is 31.1 Å². The first-order valence-corrected chi connectivity index (χ1v) is 4.38. The summed E-state index contributed by atoms with van der Waals surface area (Å²) >= 11 is 0. The minimum absolute atomic E-state index is 0.154. The maximum Gasteiger partial charge on any atom is 0.264 e. The molecule has 13 heavy (non-hydrogen) atoms. The van der Waals surface area contributed by atoms with Crippen LogP contribution in [0.3, 0.4) is 0 Å². The molecule has 1 aromatic heterocycles. The Kier molecular flexibility index (Phi) is 2.27. The fourth-order valence-electron chi connectivity index (χ4n) is 1.41. The number of H-pyrrole nitrogens is 1. The number of rotatable bonds is 1. The molecule has 0 bridgehead atoms. The van der Waals surface area contributed by atoms with Crippen molar-refractivity contribution in [3.05, 3.63) is 22.5 Å². The molecule has 5 nitrogen and oxygen atoms in total. The Morgan fingerprint density at radius 2 is 2.08 bits per heavy atom. The van der Waals surface area contributed by atoms with E-state index in [9.17, 15) is 4.79 Å². The molecule has 0 saturated carbocycles. The van der Waals surface area contributed by atoms with E-state index in [0.29, 0.717) is 0 Å². The fourth-order valence-corrected chi connectivity index (χ4v) is 1.41. The third-order valence-corrected chi connectivity index (χ3v) is 2.11. The number of nitrogens with zero attached hydrogens (tertiary/aromatic N) is 2. The highest BCUT2D eigenvalue weighted by Gasteiger charge is 2.10. The molecule has 1 fully saturated rings. The van der Waals surface area contributed by atoms with Crippen LogP contribution in [0.1, 0.15) is 0 Å². The smallest absolute Gasteiger partial charge is 0.264 e. The van der Waals surface area contributed by atoms with Crippen LogP contribution in [-0.4, -0.2) is 36.4 Å². The van der Waals surface area contributed by atoms with Crippen molar-refractivity contribution in [2.24, 2.45) is 0 Å². The topological polar surface area (TPSA) is 61.0 Å². The molecule has 2 rings (SSSR count). The third kappa shape index (κ3) is 1.86. The van der Waals surface area contributed by atoms with Gasteiger partial charge in [-0.3, -0.25) is 4.79 Å². The lowest BCUT2D eigenvalue weighted by molar-refractivity contribution is 0.582. The van der Waals surface area contributed by atoms with Crippen LogP contribution in [0.25, 0.3) is 0 Å². The summed E-state index contributed by atoms with van der Waals surface area (Å²) in [4.78, 5) is 12.9. The summed E-state index contributed by atoms with van der Waals surface area (Å²) in [6.07, 6.45) is 0. The van der Waals surface area contributed by atoms with Crippen molar-refractivity contribution in [1.82, 2.24) is 15.5 Å². The predicted molar refractivity (Wildman–Crippen MR) is 49.9 cm³/mol. The van der Waals surface area contributed by atoms with Crippen LogP contribution in [0.4, 0.5) is 5.82 Å². The van der Waals surface area contributed by atoms with Crippen molar-refractivity contribution in [3.8, 4) is 0 Å². The monoisotopic (exact) mass is 180 g/mol. The van der Waals surface area contributed by atoms with Gasteiger partial charge in [0.05, 0.1) is 0 Å². The highest BCUT2D eigenvalue weighted by molar-refractivity contribution is 5.36. The van der Waals surface area contributed by atoms with Crippen LogP contribution in [0.15, 0.2) is 16.9 Å². The van der Waals surface area contributed by atoms with E-state index in [0.717, 1.165) is 32.0 Å². The molecular formula is C8H12N4O. The van der Waals surface area contributed by atoms with Gasteiger partial charge in [0, 0.05) is 32.2 Å². The Balaban J connectivity index is 2.14. The van der Waals surface area contributed by atoms with Gasteiger partial charge in [0.15, 0.2) is 0 Å². The maximum atomic E-state index is 10.8. The van der Waals surface area contributed by atoms with Crippen LogP contribution in [0.5, 0.6) is 0 Å². The molecule has 2 N–H and O–H groups in total. The van der Waals surface area contributed by atoms with Gasteiger partial charge in [-0.1, -0.05) is 0 Å². The van der Waals surface area contributed by atoms with Crippen LogP contribution in [-0.2, 0) is 0 Å². The predicted octanol–water partition coefficient (Wildman–Crippen LogP) is -0.820. The molecule has 0 radical (unpaired) electrons. The maximum absolute atomic E-state index is 10.8. The molecule has 1 saturated heterocycles. The summed E-state index contributed by atoms with van der Waals surface area (Å²) in [6, 6.07) is 3.26. The number of hydrogen-bond acceptors (Lipinski definition) is 4. The largest absolute Gasteiger partial charge is 0.353 e. The van der Waals surface area contributed by atoms with E-state index in [1.54, 1.807) is 6.07 Å². The number of anilines is 1. The minimum atomic E-state index is -0.154. The molecule has 1 aliphatic rings. The van der Waals surface area contributed by atoms with Gasteiger partial charge in [-0.25, -0.2) is 5.10 Å². The molecular weight excluding hydrogens is 168 g/mol. The molecule has 0 spiro atoms. The second kappa shape index (κ2) is 3.57. The lowest BCUT2D eigenvalue weighted by atomic mass is 10.3. The fraction of sp³-hybridized carbons (Fsp3) is 0.500. The first-order chi connectivity index (χ1) is 6.36. The van der Waals surface area contributed by atoms with Gasteiger partial charge in [-0.05, 0) is 6.07 Å². The van der Waals surface area contributed by atoms with Gasteiger partial charge in [0.1, 0.15) is 5.82 Å². The van der Waals surface area contributed by atoms with Gasteiger partial charge in [0.2, 0.25) is 0 Å². The van der Waals surface area contributed by atoms with Crippen LogP contribution >= 0.6 is 0 Å². The SMILES string of the molecule is O=c1ccc(N2CCNCC2)n[nH]1. The van der Waals surface area contributed by atoms with E-state index >= 15 is 0 Å². The molecule has 70 valence electrons. The standard InChI is InChI=1S/C8H12N4O/c13-8-2-1-7(10-11-8)12-5-3-9-4-6-12/h1-2,9H,3-6H2,(H,11,13). The lowest BCUT2D eigenvalue weighted by Gasteiger charge is -2.27. The third-order valence-electron chi connectivity index (χ3n) is 2.11. The zero-order valence-electron chi connectivity index (χ0n) is 7.29. The van der Waals surface area contributed by atoms with E-state index in [1.165, 1.54) is 6.07 Å². The normalized spacial score (nSPS) is 17.4. The highest BCUT2D eigenvalue weighted by atomic mass is 16.1. The van der Waals surface area contributed by atoms with Gasteiger partial charge < -0.3 is 10.2 Å². The number of aromatic nitrogens is 2. The van der Waals surface area contributed by atoms with Crippen molar-refractivity contribution >= 4 is 5.82 Å². The molecule has 2 heterocycles. The zero-order chi connectivity index (χ0) is 9.10. The van der Waals surface area contributed by atoms with Gasteiger partial charge >= 0.3 is 0 Å². The highest BCUT2D eigenvalue weighted by Crippen LogP contribution is 2.06. The van der Waals surface area contributed by atoms with Crippen molar-refractivity contribution in [2.45, 2.75) is 0 Å². The van der Waals surface area contributed by atoms with Gasteiger partial charge in [-0.15, -0.1) is 0 Å². The molecule has 0 amide bonds. The van der Waals surface area contributed by atoms with E-state index in [2.05, 4.69) is 20.4 Å². The van der Waals surface area contributed by atoms with Crippen molar-refractivity contribution < 1.29 is 0 Å². The summed E-state index contributed by atoms with van der Waals surface area (Å²) in [5.74, 6) is 0.848. The molecule has 1 aromatic rings. The van der Waals surface area contributed by atoms with E-state index in [-0.39, 0.29) is 5.56 Å². The van der Waals surface area contributed by atoms with Crippen LogP contribution in [0, 0.1) is 0 Å². The Bertz CT molecular complexity index is 309. The number of aromatic amines is 1. The number of piperazine rings is 1. The molecule has 0 atom stereocenters. The summed E-state index contributed by atoms with van der Waals surface area (Å²) in [7, 11) is 0. The molecule has 1 aliphatic heterocycles. The minimum Gasteiger partial charge on any atom is -0.353 e. The average Bonchev–Trinajstić information content (AvgIpc) is 2.20. The zero-order valence-corrected chi connectivity index (χ0v) is 7.29. The van der Waals surface area contributed by atoms with Crippen molar-refractivity contribution in [1.29, 1.82) is 0 Å². The Morgan fingerprint density at radius 3 is 2.69 bits per heavy atom. The Labute approximate surface area is 75.8 Å². The number of nitrogens with one attached hydrogen (secondary N) is 2. The molecule has 0 aromatic carbocycles. The van der Waals surface area contributed by atoms with Gasteiger partial charge in [-0.2, -0.15) is 5.10 Å². The van der Waals surface area contributed by atoms with E-state index in [1.807, 2.05) is 0 Å². The quantitative estimate of drug-likeness (QED) is 0.592. The second-order valence-corrected chi connectivity index (χ2v) is 3.02. The van der Waals surface area contributed by atoms with Crippen LogP contribution in [0.2, 0.25) is 0 Å². The lowest BCUT2D eigenvalue weighted by Crippen LogP contribution is -2.44. The summed E-state index contributed by atoms with van der Waals surface area (Å²) < 4.78 is 0. The van der Waals surface area contributed by atoms with Crippen LogP contribution < -0.4 is 15.8 Å². The van der Waals surface area contributed by atoms with Crippen molar-refractivity contribution in [3.63, 3.8) is 0 Å². The van der Waals surface area contributed by atoms with E-state index < -0.39 is 0 Å². The molecule has 5 heteroatoms. The average molecular weight is 180 g/mol. The van der Waals surface area contributed by atoms with Gasteiger partial charge in [0.25, 0.3) is 5.56 Å². The Hall–Kier alpha value is -1.36. The first-order valence-electron chi connectivity index (χ1n) is 4.38. The first kappa shape index (κ1) is 8.25. The summed E-state index contributed by atoms with van der Waals surface area (Å²) in [6.45, 7) is 3.83. The van der Waals surface area contributed by atoms with E-state index in [4.69, 9.17) is 0 Å². The molecule has 0 aliphatic carbocycles. The summed E-state index contributed by atoms with van der Waals surface area (Å²) in [5.41, 5.74) is -0.154. The molecule has 0 unspecified atom stereocenters.